The maximum Gasteiger partial charge on any atom is 0.177 e. The van der Waals surface area contributed by atoms with Crippen molar-refractivity contribution in [2.24, 2.45) is 0 Å². The second-order valence-electron chi connectivity index (χ2n) is 5.10. The molecule has 0 fully saturated rings. The highest BCUT2D eigenvalue weighted by atomic mass is 32.1. The molecule has 0 atom stereocenters. The number of hydrogen-bond acceptors (Lipinski definition) is 1. The van der Waals surface area contributed by atoms with Crippen molar-refractivity contribution in [2.75, 3.05) is 17.3 Å². The van der Waals surface area contributed by atoms with Crippen LogP contribution in [0.3, 0.4) is 0 Å². The third kappa shape index (κ3) is 3.17. The zero-order chi connectivity index (χ0) is 14.7. The first-order valence-corrected chi connectivity index (χ1v) is 7.07. The zero-order valence-corrected chi connectivity index (χ0v) is 13.2. The van der Waals surface area contributed by atoms with Gasteiger partial charge in [-0.1, -0.05) is 35.9 Å². The largest absolute Gasteiger partial charge is 0.332 e. The first-order valence-electron chi connectivity index (χ1n) is 6.66. The number of para-hydroxylation sites is 1. The fraction of sp³-hybridized carbons (Fsp3) is 0.235. The predicted molar refractivity (Wildman–Crippen MR) is 91.7 cm³/mol. The summed E-state index contributed by atoms with van der Waals surface area (Å²) in [5.74, 6) is 0. The van der Waals surface area contributed by atoms with Gasteiger partial charge in [0.1, 0.15) is 0 Å². The third-order valence-electron chi connectivity index (χ3n) is 3.36. The molecule has 20 heavy (non-hydrogen) atoms. The molecule has 0 aromatic heterocycles. The Kier molecular flexibility index (Phi) is 4.40. The summed E-state index contributed by atoms with van der Waals surface area (Å²) in [4.78, 5) is 1.98. The van der Waals surface area contributed by atoms with Crippen molar-refractivity contribution in [1.82, 2.24) is 0 Å². The van der Waals surface area contributed by atoms with Crippen LogP contribution in [0.15, 0.2) is 42.5 Å². The summed E-state index contributed by atoms with van der Waals surface area (Å²) in [7, 11) is 1.98. The topological polar surface area (TPSA) is 15.3 Å². The first kappa shape index (κ1) is 14.5. The highest BCUT2D eigenvalue weighted by Crippen LogP contribution is 2.23. The van der Waals surface area contributed by atoms with Crippen LogP contribution in [-0.4, -0.2) is 12.2 Å². The molecule has 2 nitrogen and oxygen atoms in total. The third-order valence-corrected chi connectivity index (χ3v) is 3.73. The summed E-state index contributed by atoms with van der Waals surface area (Å²) in [5, 5.41) is 4.06. The average Bonchev–Trinajstić information content (AvgIpc) is 2.42. The van der Waals surface area contributed by atoms with E-state index in [0.29, 0.717) is 5.11 Å². The summed E-state index contributed by atoms with van der Waals surface area (Å²) in [5.41, 5.74) is 5.88. The van der Waals surface area contributed by atoms with Gasteiger partial charge in [0, 0.05) is 18.4 Å². The monoisotopic (exact) mass is 284 g/mol. The van der Waals surface area contributed by atoms with Crippen molar-refractivity contribution >= 4 is 28.7 Å². The minimum Gasteiger partial charge on any atom is -0.332 e. The van der Waals surface area contributed by atoms with E-state index in [-0.39, 0.29) is 0 Å². The molecule has 0 aliphatic heterocycles. The molecule has 1 N–H and O–H groups in total. The Hall–Kier alpha value is -1.87. The fourth-order valence-electron chi connectivity index (χ4n) is 2.34. The lowest BCUT2D eigenvalue weighted by Crippen LogP contribution is -2.31. The number of anilines is 2. The number of rotatable bonds is 2. The van der Waals surface area contributed by atoms with E-state index < -0.39 is 0 Å². The molecule has 0 saturated heterocycles. The van der Waals surface area contributed by atoms with Crippen LogP contribution in [0.5, 0.6) is 0 Å². The SMILES string of the molecule is Cc1cc(C)c(NC(=S)N(C)c2ccccc2)c(C)c1. The van der Waals surface area contributed by atoms with Crippen LogP contribution in [0, 0.1) is 20.8 Å². The Morgan fingerprint density at radius 1 is 1.00 bits per heavy atom. The number of aryl methyl sites for hydroxylation is 3. The van der Waals surface area contributed by atoms with E-state index in [0.717, 1.165) is 11.4 Å². The summed E-state index contributed by atoms with van der Waals surface area (Å²) >= 11 is 5.51. The minimum absolute atomic E-state index is 0.700. The lowest BCUT2D eigenvalue weighted by atomic mass is 10.1. The van der Waals surface area contributed by atoms with Crippen molar-refractivity contribution < 1.29 is 0 Å². The quantitative estimate of drug-likeness (QED) is 0.820. The summed E-state index contributed by atoms with van der Waals surface area (Å²) in [6.07, 6.45) is 0. The molecule has 3 heteroatoms. The van der Waals surface area contributed by atoms with E-state index in [1.165, 1.54) is 16.7 Å². The van der Waals surface area contributed by atoms with Gasteiger partial charge in [-0.15, -0.1) is 0 Å². The lowest BCUT2D eigenvalue weighted by molar-refractivity contribution is 1.26. The van der Waals surface area contributed by atoms with E-state index in [1.54, 1.807) is 0 Å². The van der Waals surface area contributed by atoms with E-state index in [9.17, 15) is 0 Å². The van der Waals surface area contributed by atoms with Gasteiger partial charge in [0.15, 0.2) is 5.11 Å². The second-order valence-corrected chi connectivity index (χ2v) is 5.49. The van der Waals surface area contributed by atoms with Gasteiger partial charge >= 0.3 is 0 Å². The standard InChI is InChI=1S/C17H20N2S/c1-12-10-13(2)16(14(3)11-12)18-17(20)19(4)15-8-6-5-7-9-15/h5-11H,1-4H3,(H,18,20). The summed E-state index contributed by atoms with van der Waals surface area (Å²) < 4.78 is 0. The van der Waals surface area contributed by atoms with Crippen LogP contribution in [0.4, 0.5) is 11.4 Å². The molecule has 0 bridgehead atoms. The normalized spacial score (nSPS) is 10.2. The number of hydrogen-bond donors (Lipinski definition) is 1. The van der Waals surface area contributed by atoms with Gasteiger partial charge in [0.05, 0.1) is 0 Å². The van der Waals surface area contributed by atoms with Crippen LogP contribution in [0.1, 0.15) is 16.7 Å². The molecule has 0 aliphatic carbocycles. The highest BCUT2D eigenvalue weighted by Gasteiger charge is 2.10. The van der Waals surface area contributed by atoms with Gasteiger partial charge in [0.25, 0.3) is 0 Å². The van der Waals surface area contributed by atoms with E-state index >= 15 is 0 Å². The molecule has 2 rings (SSSR count). The van der Waals surface area contributed by atoms with Gasteiger partial charge in [-0.3, -0.25) is 0 Å². The summed E-state index contributed by atoms with van der Waals surface area (Å²) in [6, 6.07) is 14.4. The van der Waals surface area contributed by atoms with Crippen molar-refractivity contribution in [3.8, 4) is 0 Å². The van der Waals surface area contributed by atoms with Crippen molar-refractivity contribution in [2.45, 2.75) is 20.8 Å². The molecular formula is C17H20N2S. The smallest absolute Gasteiger partial charge is 0.177 e. The number of thiocarbonyl (C=S) groups is 1. The molecule has 0 unspecified atom stereocenters. The van der Waals surface area contributed by atoms with Gasteiger partial charge in [-0.05, 0) is 56.2 Å². The first-order chi connectivity index (χ1) is 9.49. The lowest BCUT2D eigenvalue weighted by Gasteiger charge is -2.23. The van der Waals surface area contributed by atoms with Crippen LogP contribution in [0.25, 0.3) is 0 Å². The Morgan fingerprint density at radius 3 is 2.10 bits per heavy atom. The molecule has 0 amide bonds. The highest BCUT2D eigenvalue weighted by molar-refractivity contribution is 7.80. The van der Waals surface area contributed by atoms with Gasteiger partial charge in [0.2, 0.25) is 0 Å². The molecule has 0 saturated carbocycles. The molecule has 0 spiro atoms. The second kappa shape index (κ2) is 6.06. The van der Waals surface area contributed by atoms with Crippen molar-refractivity contribution in [3.05, 3.63) is 59.2 Å². The Labute approximate surface area is 126 Å². The van der Waals surface area contributed by atoms with Gasteiger partial charge < -0.3 is 10.2 Å². The van der Waals surface area contributed by atoms with Gasteiger partial charge in [-0.2, -0.15) is 0 Å². The summed E-state index contributed by atoms with van der Waals surface area (Å²) in [6.45, 7) is 6.32. The number of nitrogens with one attached hydrogen (secondary N) is 1. The molecule has 2 aromatic carbocycles. The Bertz CT molecular complexity index is 597. The van der Waals surface area contributed by atoms with Crippen LogP contribution in [0.2, 0.25) is 0 Å². The maximum atomic E-state index is 5.51. The molecule has 0 heterocycles. The van der Waals surface area contributed by atoms with Crippen LogP contribution < -0.4 is 10.2 Å². The van der Waals surface area contributed by atoms with E-state index in [4.69, 9.17) is 12.2 Å². The maximum absolute atomic E-state index is 5.51. The number of benzene rings is 2. The van der Waals surface area contributed by atoms with E-state index in [2.05, 4.69) is 38.2 Å². The molecule has 0 radical (unpaired) electrons. The van der Waals surface area contributed by atoms with Crippen molar-refractivity contribution in [3.63, 3.8) is 0 Å². The predicted octanol–water partition coefficient (Wildman–Crippen LogP) is 4.45. The Balaban J connectivity index is 2.20. The molecular weight excluding hydrogens is 264 g/mol. The van der Waals surface area contributed by atoms with Crippen molar-refractivity contribution in [1.29, 1.82) is 0 Å². The molecule has 104 valence electrons. The van der Waals surface area contributed by atoms with E-state index in [1.807, 2.05) is 42.3 Å². The molecule has 2 aromatic rings. The number of nitrogens with zero attached hydrogens (tertiary/aromatic N) is 1. The minimum atomic E-state index is 0.700. The van der Waals surface area contributed by atoms with Crippen LogP contribution in [-0.2, 0) is 0 Å². The van der Waals surface area contributed by atoms with Gasteiger partial charge in [-0.25, -0.2) is 0 Å². The zero-order valence-electron chi connectivity index (χ0n) is 12.4. The average molecular weight is 284 g/mol. The Morgan fingerprint density at radius 2 is 1.55 bits per heavy atom. The molecule has 0 aliphatic rings. The fourth-order valence-corrected chi connectivity index (χ4v) is 2.54. The van der Waals surface area contributed by atoms with Crippen LogP contribution >= 0.6 is 12.2 Å².